The highest BCUT2D eigenvalue weighted by Gasteiger charge is 2.41. The van der Waals surface area contributed by atoms with E-state index in [0.717, 1.165) is 175 Å². The van der Waals surface area contributed by atoms with Gasteiger partial charge in [0.2, 0.25) is 0 Å². The molecule has 2 aromatic rings. The van der Waals surface area contributed by atoms with Crippen molar-refractivity contribution in [3.05, 3.63) is 44.5 Å². The van der Waals surface area contributed by atoms with Crippen LogP contribution in [0.15, 0.2) is 0 Å². The molecule has 0 N–H and O–H groups in total. The highest BCUT2D eigenvalue weighted by Crippen LogP contribution is 2.54. The molecule has 1 unspecified atom stereocenters. The van der Waals surface area contributed by atoms with Crippen LogP contribution < -0.4 is 18.9 Å². The van der Waals surface area contributed by atoms with Crippen LogP contribution in [0, 0.1) is 88.4 Å². The number of piperidine rings is 2. The van der Waals surface area contributed by atoms with Crippen molar-refractivity contribution in [2.24, 2.45) is 46.8 Å². The molecule has 4 heterocycles. The molecule has 556 valence electrons. The SMILES string of the molecule is Cc1c(C)c2c(c(C)c1OC(=O)CCC(=O)OCCN1CCC(CCSCCC3CCN(CCOC(=O)CCC(=O)Oc4c(C)c(C)c5c(c4C)CC[C@@](C)(CCC[C@H](C)CCC[C@H](C)CCCC(C)C)O5)CC3)CC1)CCC(C)(CCC[C@H](C)CCCC1(CCCC(C)C)CC1)O2. The number of carbonyl (C=O) groups excluding carboxylic acids is 4. The second-order valence-electron chi connectivity index (χ2n) is 33.8. The van der Waals surface area contributed by atoms with Gasteiger partial charge in [-0.2, -0.15) is 11.8 Å². The molecule has 12 nitrogen and oxygen atoms in total. The number of ether oxygens (including phenoxy) is 6. The lowest BCUT2D eigenvalue weighted by Crippen LogP contribution is -2.37. The van der Waals surface area contributed by atoms with Crippen molar-refractivity contribution >= 4 is 35.6 Å². The highest BCUT2D eigenvalue weighted by atomic mass is 32.2. The van der Waals surface area contributed by atoms with Crippen molar-refractivity contribution in [3.8, 4) is 23.0 Å². The Kier molecular flexibility index (Phi) is 33.5. The van der Waals surface area contributed by atoms with E-state index >= 15 is 0 Å². The first-order valence-electron chi connectivity index (χ1n) is 40.1. The molecule has 0 spiro atoms. The quantitative estimate of drug-likeness (QED) is 0.0355. The summed E-state index contributed by atoms with van der Waals surface area (Å²) in [6, 6.07) is 0. The minimum atomic E-state index is -0.408. The van der Waals surface area contributed by atoms with Crippen LogP contribution in [-0.4, -0.2) is 109 Å². The van der Waals surface area contributed by atoms with Gasteiger partial charge in [-0.1, -0.05) is 126 Å². The zero-order chi connectivity index (χ0) is 71.0. The Labute approximate surface area is 601 Å². The Balaban J connectivity index is 0.667. The third-order valence-electron chi connectivity index (χ3n) is 24.2. The van der Waals surface area contributed by atoms with Gasteiger partial charge in [0.15, 0.2) is 0 Å². The lowest BCUT2D eigenvalue weighted by Gasteiger charge is -2.38. The molecule has 0 aromatic heterocycles. The summed E-state index contributed by atoms with van der Waals surface area (Å²) < 4.78 is 37.0. The number of hydrogen-bond donors (Lipinski definition) is 0. The van der Waals surface area contributed by atoms with Gasteiger partial charge in [0.1, 0.15) is 47.4 Å². The van der Waals surface area contributed by atoms with Crippen molar-refractivity contribution in [2.75, 3.05) is 64.0 Å². The summed E-state index contributed by atoms with van der Waals surface area (Å²) >= 11 is 2.10. The number of hydrogen-bond acceptors (Lipinski definition) is 13. The van der Waals surface area contributed by atoms with Crippen molar-refractivity contribution < 1.29 is 47.6 Å². The second-order valence-corrected chi connectivity index (χ2v) is 35.0. The molecule has 0 amide bonds. The Morgan fingerprint density at radius 1 is 0.449 bits per heavy atom. The van der Waals surface area contributed by atoms with Gasteiger partial charge in [-0.3, -0.25) is 29.0 Å². The number of carbonyl (C=O) groups is 4. The van der Waals surface area contributed by atoms with E-state index in [4.69, 9.17) is 28.4 Å². The predicted octanol–water partition coefficient (Wildman–Crippen LogP) is 20.8. The number of benzene rings is 2. The summed E-state index contributed by atoms with van der Waals surface area (Å²) in [4.78, 5) is 56.8. The van der Waals surface area contributed by atoms with E-state index in [2.05, 4.69) is 97.7 Å². The van der Waals surface area contributed by atoms with E-state index in [9.17, 15) is 19.2 Å². The van der Waals surface area contributed by atoms with Gasteiger partial charge in [-0.05, 0) is 289 Å². The van der Waals surface area contributed by atoms with Gasteiger partial charge >= 0.3 is 23.9 Å². The van der Waals surface area contributed by atoms with Crippen molar-refractivity contribution in [1.29, 1.82) is 0 Å². The molecule has 1 aliphatic carbocycles. The summed E-state index contributed by atoms with van der Waals surface area (Å²) in [5.74, 6) is 9.44. The number of nitrogens with zero attached hydrogens (tertiary/aromatic N) is 2. The average molecular weight is 1380 g/mol. The molecular formula is C85H140N2O10S. The maximum atomic E-state index is 13.2. The van der Waals surface area contributed by atoms with E-state index in [1.165, 1.54) is 166 Å². The van der Waals surface area contributed by atoms with Crippen LogP contribution in [0.5, 0.6) is 23.0 Å². The van der Waals surface area contributed by atoms with E-state index in [1.807, 2.05) is 27.7 Å². The zero-order valence-corrected chi connectivity index (χ0v) is 65.9. The Morgan fingerprint density at radius 3 is 1.18 bits per heavy atom. The molecule has 7 rings (SSSR count). The normalized spacial score (nSPS) is 20.7. The fourth-order valence-electron chi connectivity index (χ4n) is 16.6. The predicted molar refractivity (Wildman–Crippen MR) is 404 cm³/mol. The number of fused-ring (bicyclic) bond motifs is 2. The van der Waals surface area contributed by atoms with Crippen LogP contribution in [0.2, 0.25) is 0 Å². The second kappa shape index (κ2) is 40.3. The minimum absolute atomic E-state index is 0.00672. The topological polar surface area (TPSA) is 130 Å². The van der Waals surface area contributed by atoms with Gasteiger partial charge in [0.05, 0.1) is 25.7 Å². The molecule has 5 atom stereocenters. The molecule has 5 aliphatic rings. The standard InChI is InChI=1S/C85H140N2O10S/c1-60(2)22-16-24-62(5)25-17-26-63(6)27-19-42-83(14)46-34-73-69(12)79(65(8)67(10)81(73)96-83)94-77(90)32-30-75(88)92-56-54-86-50-36-71(37-51-86)40-58-98-59-41-72-38-52-87(53-39-72)55-57-93-76(89)31-33-78(91)95-80-66(9)68(11)82-74(70(80)13)35-47-84(15,97-82)43-20-28-64(7)29-21-45-85(48-49-85)44-18-23-61(3)4/h60-64,71-72H,16-59H2,1-15H3/t62-,63-,64+,83-,84?/m1/s1. The lowest BCUT2D eigenvalue weighted by molar-refractivity contribution is -0.147. The third kappa shape index (κ3) is 26.8. The van der Waals surface area contributed by atoms with Crippen LogP contribution in [-0.2, 0) is 41.5 Å². The summed E-state index contributed by atoms with van der Waals surface area (Å²) in [7, 11) is 0. The summed E-state index contributed by atoms with van der Waals surface area (Å²) in [5, 5.41) is 0. The molecule has 98 heavy (non-hydrogen) atoms. The Morgan fingerprint density at radius 2 is 0.796 bits per heavy atom. The summed E-state index contributed by atoms with van der Waals surface area (Å²) in [6.45, 7) is 39.7. The maximum Gasteiger partial charge on any atom is 0.311 e. The molecule has 1 saturated carbocycles. The molecule has 3 fully saturated rings. The molecule has 13 heteroatoms. The van der Waals surface area contributed by atoms with Crippen LogP contribution in [0.25, 0.3) is 0 Å². The summed E-state index contributed by atoms with van der Waals surface area (Å²) in [5.41, 5.74) is 8.41. The third-order valence-corrected chi connectivity index (χ3v) is 25.3. The maximum absolute atomic E-state index is 13.2. The minimum Gasteiger partial charge on any atom is -0.487 e. The first-order chi connectivity index (χ1) is 46.7. The van der Waals surface area contributed by atoms with E-state index in [-0.39, 0.29) is 48.8 Å². The molecule has 2 saturated heterocycles. The van der Waals surface area contributed by atoms with E-state index < -0.39 is 11.9 Å². The van der Waals surface area contributed by atoms with Crippen LogP contribution in [0.1, 0.15) is 312 Å². The van der Waals surface area contributed by atoms with Gasteiger partial charge < -0.3 is 28.4 Å². The first-order valence-corrected chi connectivity index (χ1v) is 41.3. The molecule has 0 radical (unpaired) electrons. The number of likely N-dealkylation sites (tertiary alicyclic amines) is 2. The van der Waals surface area contributed by atoms with Gasteiger partial charge in [-0.15, -0.1) is 0 Å². The first kappa shape index (κ1) is 81.5. The molecular weight excluding hydrogens is 1240 g/mol. The summed E-state index contributed by atoms with van der Waals surface area (Å²) in [6.07, 6.45) is 37.1. The Hall–Kier alpha value is -3.81. The van der Waals surface area contributed by atoms with Crippen LogP contribution in [0.4, 0.5) is 0 Å². The van der Waals surface area contributed by atoms with E-state index in [0.29, 0.717) is 30.1 Å². The van der Waals surface area contributed by atoms with Crippen LogP contribution in [0.3, 0.4) is 0 Å². The fraction of sp³-hybridized carbons (Fsp3) is 0.812. The Bertz CT molecular complexity index is 2810. The van der Waals surface area contributed by atoms with E-state index in [1.54, 1.807) is 0 Å². The number of thioether (sulfide) groups is 1. The van der Waals surface area contributed by atoms with Gasteiger partial charge in [-0.25, -0.2) is 0 Å². The lowest BCUT2D eigenvalue weighted by atomic mass is 9.83. The van der Waals surface area contributed by atoms with Crippen molar-refractivity contribution in [3.63, 3.8) is 0 Å². The molecule has 0 bridgehead atoms. The number of esters is 4. The van der Waals surface area contributed by atoms with Crippen molar-refractivity contribution in [2.45, 2.75) is 333 Å². The molecule has 2 aromatic carbocycles. The highest BCUT2D eigenvalue weighted by molar-refractivity contribution is 7.99. The van der Waals surface area contributed by atoms with Crippen molar-refractivity contribution in [1.82, 2.24) is 9.80 Å². The molecule has 4 aliphatic heterocycles. The largest absolute Gasteiger partial charge is 0.487 e. The average Bonchev–Trinajstić information content (AvgIpc) is 1.28. The monoisotopic (exact) mass is 1380 g/mol. The zero-order valence-electron chi connectivity index (χ0n) is 65.0. The van der Waals surface area contributed by atoms with Gasteiger partial charge in [0, 0.05) is 24.2 Å². The smallest absolute Gasteiger partial charge is 0.311 e. The number of rotatable bonds is 44. The fourth-order valence-corrected chi connectivity index (χ4v) is 17.8. The van der Waals surface area contributed by atoms with Crippen LogP contribution >= 0.6 is 11.8 Å². The van der Waals surface area contributed by atoms with Gasteiger partial charge in [0.25, 0.3) is 0 Å².